The molecule has 2 rings (SSSR count). The first-order valence-corrected chi connectivity index (χ1v) is 2.53. The summed E-state index contributed by atoms with van der Waals surface area (Å²) in [5, 5.41) is 0. The van der Waals surface area contributed by atoms with Crippen LogP contribution >= 0.6 is 0 Å². The third-order valence-electron chi connectivity index (χ3n) is 1.02. The van der Waals surface area contributed by atoms with Gasteiger partial charge in [-0.15, -0.1) is 0 Å². The lowest BCUT2D eigenvalue weighted by Gasteiger charge is -1.72. The zero-order chi connectivity index (χ0) is 6.10. The van der Waals surface area contributed by atoms with Gasteiger partial charge in [0.2, 0.25) is 0 Å². The van der Waals surface area contributed by atoms with Crippen molar-refractivity contribution in [1.29, 1.82) is 0 Å². The Morgan fingerprint density at radius 2 is 2.44 bits per heavy atom. The topological polar surface area (TPSA) is 43.0 Å². The number of hydrogen-bond donors (Lipinski definition) is 0. The normalized spacial score (nSPS) is 10.2. The van der Waals surface area contributed by atoms with Crippen LogP contribution in [0, 0.1) is 0 Å². The van der Waals surface area contributed by atoms with Crippen LogP contribution < -0.4 is 4.57 Å². The van der Waals surface area contributed by atoms with E-state index in [4.69, 9.17) is 4.52 Å². The van der Waals surface area contributed by atoms with Crippen LogP contribution in [0.2, 0.25) is 0 Å². The smallest absolute Gasteiger partial charge is 0.287 e. The van der Waals surface area contributed by atoms with Crippen molar-refractivity contribution in [3.8, 4) is 0 Å². The van der Waals surface area contributed by atoms with Gasteiger partial charge in [-0.05, 0) is 9.56 Å². The molecule has 0 aliphatic heterocycles. The van der Waals surface area contributed by atoms with Crippen molar-refractivity contribution in [2.75, 3.05) is 0 Å². The summed E-state index contributed by atoms with van der Waals surface area (Å²) in [5.74, 6) is 0.581. The Labute approximate surface area is 50.7 Å². The van der Waals surface area contributed by atoms with E-state index in [1.165, 1.54) is 11.0 Å². The summed E-state index contributed by atoms with van der Waals surface area (Å²) in [6.07, 6.45) is 4.76. The molecule has 0 saturated heterocycles. The van der Waals surface area contributed by atoms with E-state index in [9.17, 15) is 0 Å². The maximum atomic E-state index is 4.86. The average Bonchev–Trinajstić information content (AvgIpc) is 2.33. The minimum Gasteiger partial charge on any atom is -0.287 e. The molecule has 0 unspecified atom stereocenters. The van der Waals surface area contributed by atoms with Crippen LogP contribution in [-0.2, 0) is 0 Å². The lowest BCUT2D eigenvalue weighted by atomic mass is 10.7. The SMILES string of the molecule is c1cnc2nco[n+]2c1. The highest BCUT2D eigenvalue weighted by Gasteiger charge is 2.02. The van der Waals surface area contributed by atoms with Gasteiger partial charge in [-0.25, -0.2) is 0 Å². The van der Waals surface area contributed by atoms with Crippen LogP contribution in [0.4, 0.5) is 0 Å². The van der Waals surface area contributed by atoms with Gasteiger partial charge < -0.3 is 0 Å². The Kier molecular flexibility index (Phi) is 0.745. The number of hydrogen-bond acceptors (Lipinski definition) is 3. The van der Waals surface area contributed by atoms with Crippen LogP contribution in [0.1, 0.15) is 0 Å². The molecule has 0 aliphatic carbocycles. The van der Waals surface area contributed by atoms with Gasteiger partial charge in [0.1, 0.15) is 12.4 Å². The summed E-state index contributed by atoms with van der Waals surface area (Å²) >= 11 is 0. The van der Waals surface area contributed by atoms with Crippen LogP contribution in [0.5, 0.6) is 0 Å². The molecule has 2 heterocycles. The molecule has 4 nitrogen and oxygen atoms in total. The summed E-state index contributed by atoms with van der Waals surface area (Å²) in [7, 11) is 0. The second kappa shape index (κ2) is 1.51. The summed E-state index contributed by atoms with van der Waals surface area (Å²) in [4.78, 5) is 7.70. The van der Waals surface area contributed by atoms with Gasteiger partial charge in [0, 0.05) is 6.07 Å². The van der Waals surface area contributed by atoms with Crippen molar-refractivity contribution in [1.82, 2.24) is 9.97 Å². The van der Waals surface area contributed by atoms with Gasteiger partial charge in [-0.2, -0.15) is 0 Å². The van der Waals surface area contributed by atoms with E-state index in [-0.39, 0.29) is 0 Å². The van der Waals surface area contributed by atoms with E-state index in [1.807, 2.05) is 0 Å². The Balaban J connectivity index is 2.95. The average molecular weight is 122 g/mol. The van der Waals surface area contributed by atoms with E-state index in [0.717, 1.165) is 0 Å². The quantitative estimate of drug-likeness (QED) is 0.455. The molecule has 0 fully saturated rings. The maximum absolute atomic E-state index is 4.86. The maximum Gasteiger partial charge on any atom is 0.473 e. The van der Waals surface area contributed by atoms with Gasteiger partial charge in [-0.3, -0.25) is 4.52 Å². The molecule has 0 amide bonds. The Bertz CT molecular complexity index is 286. The molecular weight excluding hydrogens is 118 g/mol. The number of nitrogens with zero attached hydrogens (tertiary/aromatic N) is 3. The second-order valence-electron chi connectivity index (χ2n) is 1.59. The van der Waals surface area contributed by atoms with Gasteiger partial charge in [0.25, 0.3) is 0 Å². The van der Waals surface area contributed by atoms with E-state index in [0.29, 0.717) is 5.78 Å². The van der Waals surface area contributed by atoms with Crippen molar-refractivity contribution in [2.45, 2.75) is 0 Å². The molecule has 0 aliphatic rings. The molecule has 0 saturated carbocycles. The molecule has 0 aromatic carbocycles. The minimum atomic E-state index is 0.581. The fraction of sp³-hybridized carbons (Fsp3) is 0. The van der Waals surface area contributed by atoms with E-state index < -0.39 is 0 Å². The standard InChI is InChI=1S/C5H4N3O/c1-2-6-5-7-4-9-8(5)3-1/h1-4H/q+1. The fourth-order valence-electron chi connectivity index (χ4n) is 0.644. The molecule has 44 valence electrons. The van der Waals surface area contributed by atoms with Crippen LogP contribution in [0.15, 0.2) is 29.4 Å². The van der Waals surface area contributed by atoms with Crippen molar-refractivity contribution >= 4 is 5.78 Å². The van der Waals surface area contributed by atoms with E-state index in [2.05, 4.69) is 9.97 Å². The molecule has 0 bridgehead atoms. The first-order valence-electron chi connectivity index (χ1n) is 2.53. The predicted molar refractivity (Wildman–Crippen MR) is 27.5 cm³/mol. The van der Waals surface area contributed by atoms with Gasteiger partial charge in [-0.1, -0.05) is 4.98 Å². The second-order valence-corrected chi connectivity index (χ2v) is 1.59. The lowest BCUT2D eigenvalue weighted by molar-refractivity contribution is -0.718. The number of fused-ring (bicyclic) bond motifs is 1. The Morgan fingerprint density at radius 3 is 3.33 bits per heavy atom. The fourth-order valence-corrected chi connectivity index (χ4v) is 0.644. The van der Waals surface area contributed by atoms with E-state index >= 15 is 0 Å². The summed E-state index contributed by atoms with van der Waals surface area (Å²) in [6.45, 7) is 0. The molecule has 0 atom stereocenters. The monoisotopic (exact) mass is 122 g/mol. The lowest BCUT2D eigenvalue weighted by Crippen LogP contribution is -2.17. The highest BCUT2D eigenvalue weighted by Crippen LogP contribution is 1.81. The molecule has 0 spiro atoms. The van der Waals surface area contributed by atoms with Gasteiger partial charge in [0.05, 0.1) is 0 Å². The van der Waals surface area contributed by atoms with Gasteiger partial charge in [0.15, 0.2) is 0 Å². The van der Waals surface area contributed by atoms with Crippen molar-refractivity contribution in [2.24, 2.45) is 0 Å². The highest BCUT2D eigenvalue weighted by molar-refractivity contribution is 5.09. The molecule has 2 aromatic rings. The third-order valence-corrected chi connectivity index (χ3v) is 1.02. The zero-order valence-electron chi connectivity index (χ0n) is 4.56. The van der Waals surface area contributed by atoms with Gasteiger partial charge >= 0.3 is 12.2 Å². The first kappa shape index (κ1) is 4.43. The van der Waals surface area contributed by atoms with Crippen molar-refractivity contribution < 1.29 is 9.10 Å². The summed E-state index contributed by atoms with van der Waals surface area (Å²) in [5.41, 5.74) is 0. The Hall–Kier alpha value is -1.45. The molecule has 0 N–H and O–H groups in total. The molecular formula is C5H4N3O+. The summed E-state index contributed by atoms with van der Waals surface area (Å²) < 4.78 is 6.35. The number of rotatable bonds is 0. The minimum absolute atomic E-state index is 0.581. The van der Waals surface area contributed by atoms with Crippen LogP contribution in [0.3, 0.4) is 0 Å². The third kappa shape index (κ3) is 0.561. The van der Waals surface area contributed by atoms with E-state index in [1.54, 1.807) is 18.5 Å². The zero-order valence-corrected chi connectivity index (χ0v) is 4.56. The van der Waals surface area contributed by atoms with Crippen LogP contribution in [-0.4, -0.2) is 9.97 Å². The van der Waals surface area contributed by atoms with Crippen molar-refractivity contribution in [3.05, 3.63) is 24.9 Å². The molecule has 4 heteroatoms. The van der Waals surface area contributed by atoms with Crippen LogP contribution in [0.25, 0.3) is 5.78 Å². The van der Waals surface area contributed by atoms with Crippen molar-refractivity contribution in [3.63, 3.8) is 0 Å². The Morgan fingerprint density at radius 1 is 1.44 bits per heavy atom. The first-order chi connectivity index (χ1) is 4.47. The predicted octanol–water partition coefficient (Wildman–Crippen LogP) is -0.192. The molecule has 9 heavy (non-hydrogen) atoms. The summed E-state index contributed by atoms with van der Waals surface area (Å²) in [6, 6.07) is 1.78. The molecule has 2 aromatic heterocycles. The molecule has 0 radical (unpaired) electrons. The number of aromatic nitrogens is 3. The highest BCUT2D eigenvalue weighted by atomic mass is 16.5. The largest absolute Gasteiger partial charge is 0.473 e.